The Morgan fingerprint density at radius 3 is 2.73 bits per heavy atom. The summed E-state index contributed by atoms with van der Waals surface area (Å²) in [6.45, 7) is 1.85. The lowest BCUT2D eigenvalue weighted by Gasteiger charge is -2.02. The van der Waals surface area contributed by atoms with E-state index in [9.17, 15) is 4.79 Å². The van der Waals surface area contributed by atoms with Gasteiger partial charge in [0.05, 0.1) is 5.69 Å². The molecule has 58 valence electrons. The molecule has 0 fully saturated rings. The van der Waals surface area contributed by atoms with Gasteiger partial charge < -0.3 is 5.73 Å². The maximum absolute atomic E-state index is 10.2. The number of hydrogen-bond acceptors (Lipinski definition) is 3. The van der Waals surface area contributed by atoms with E-state index in [0.717, 1.165) is 12.0 Å². The Morgan fingerprint density at radius 2 is 2.36 bits per heavy atom. The van der Waals surface area contributed by atoms with Crippen molar-refractivity contribution < 1.29 is 4.79 Å². The molecule has 1 aromatic heterocycles. The van der Waals surface area contributed by atoms with Crippen LogP contribution in [-0.2, 0) is 0 Å². The Hall–Kier alpha value is -1.22. The number of rotatable bonds is 2. The van der Waals surface area contributed by atoms with Crippen molar-refractivity contribution in [1.82, 2.24) is 4.98 Å². The highest BCUT2D eigenvalue weighted by Crippen LogP contribution is 2.05. The summed E-state index contributed by atoms with van der Waals surface area (Å²) < 4.78 is 0. The van der Waals surface area contributed by atoms with Gasteiger partial charge in [-0.2, -0.15) is 0 Å². The third-order valence-electron chi connectivity index (χ3n) is 1.41. The van der Waals surface area contributed by atoms with Crippen molar-refractivity contribution in [2.45, 2.75) is 13.0 Å². The van der Waals surface area contributed by atoms with E-state index in [-0.39, 0.29) is 6.04 Å². The average molecular weight is 150 g/mol. The summed E-state index contributed by atoms with van der Waals surface area (Å²) >= 11 is 0. The van der Waals surface area contributed by atoms with Crippen LogP contribution in [0.1, 0.15) is 29.0 Å². The fourth-order valence-corrected chi connectivity index (χ4v) is 0.756. The molecule has 0 saturated heterocycles. The van der Waals surface area contributed by atoms with E-state index < -0.39 is 0 Å². The molecule has 0 aromatic carbocycles. The second kappa shape index (κ2) is 3.25. The van der Waals surface area contributed by atoms with Crippen LogP contribution >= 0.6 is 0 Å². The molecular weight excluding hydrogens is 140 g/mol. The predicted molar refractivity (Wildman–Crippen MR) is 42.2 cm³/mol. The normalized spacial score (nSPS) is 12.5. The molecule has 0 saturated carbocycles. The van der Waals surface area contributed by atoms with Crippen molar-refractivity contribution in [3.63, 3.8) is 0 Å². The molecular formula is C8H10N2O. The summed E-state index contributed by atoms with van der Waals surface area (Å²) in [5, 5.41) is 0. The topological polar surface area (TPSA) is 56.0 Å². The number of nitrogens with zero attached hydrogens (tertiary/aromatic N) is 1. The second-order valence-corrected chi connectivity index (χ2v) is 2.42. The Bertz CT molecular complexity index is 241. The minimum Gasteiger partial charge on any atom is -0.323 e. The summed E-state index contributed by atoms with van der Waals surface area (Å²) in [7, 11) is 0. The lowest BCUT2D eigenvalue weighted by Crippen LogP contribution is -2.06. The first-order valence-electron chi connectivity index (χ1n) is 3.40. The molecule has 1 aromatic rings. The Balaban J connectivity index is 2.91. The molecule has 3 heteroatoms. The Kier molecular flexibility index (Phi) is 2.33. The van der Waals surface area contributed by atoms with E-state index in [1.165, 1.54) is 6.20 Å². The molecule has 0 amide bonds. The summed E-state index contributed by atoms with van der Waals surface area (Å²) in [6, 6.07) is 3.39. The van der Waals surface area contributed by atoms with Crippen LogP contribution in [0.5, 0.6) is 0 Å². The van der Waals surface area contributed by atoms with Crippen LogP contribution in [0, 0.1) is 0 Å². The van der Waals surface area contributed by atoms with Gasteiger partial charge in [-0.3, -0.25) is 9.78 Å². The SMILES string of the molecule is C[C@H](N)c1ccc(C=O)cn1. The molecule has 3 nitrogen and oxygen atoms in total. The average Bonchev–Trinajstić information content (AvgIpc) is 2.05. The quantitative estimate of drug-likeness (QED) is 0.637. The molecule has 1 atom stereocenters. The lowest BCUT2D eigenvalue weighted by molar-refractivity contribution is 0.112. The highest BCUT2D eigenvalue weighted by molar-refractivity contribution is 5.73. The van der Waals surface area contributed by atoms with Crippen molar-refractivity contribution in [2.24, 2.45) is 5.73 Å². The van der Waals surface area contributed by atoms with Crippen LogP contribution in [0.25, 0.3) is 0 Å². The third-order valence-corrected chi connectivity index (χ3v) is 1.41. The highest BCUT2D eigenvalue weighted by atomic mass is 16.1. The fraction of sp³-hybridized carbons (Fsp3) is 0.250. The summed E-state index contributed by atoms with van der Waals surface area (Å²) in [4.78, 5) is 14.2. The molecule has 11 heavy (non-hydrogen) atoms. The molecule has 0 aliphatic heterocycles. The number of nitrogens with two attached hydrogens (primary N) is 1. The molecule has 0 spiro atoms. The maximum atomic E-state index is 10.2. The number of aromatic nitrogens is 1. The first kappa shape index (κ1) is 7.88. The monoisotopic (exact) mass is 150 g/mol. The minimum absolute atomic E-state index is 0.0734. The largest absolute Gasteiger partial charge is 0.323 e. The van der Waals surface area contributed by atoms with Crippen molar-refractivity contribution in [1.29, 1.82) is 0 Å². The summed E-state index contributed by atoms with van der Waals surface area (Å²) in [5.41, 5.74) is 6.93. The number of carbonyl (C=O) groups excluding carboxylic acids is 1. The van der Waals surface area contributed by atoms with Crippen molar-refractivity contribution in [2.75, 3.05) is 0 Å². The van der Waals surface area contributed by atoms with Crippen LogP contribution in [-0.4, -0.2) is 11.3 Å². The van der Waals surface area contributed by atoms with Gasteiger partial charge in [-0.25, -0.2) is 0 Å². The van der Waals surface area contributed by atoms with E-state index in [0.29, 0.717) is 5.56 Å². The van der Waals surface area contributed by atoms with E-state index in [4.69, 9.17) is 5.73 Å². The molecule has 2 N–H and O–H groups in total. The molecule has 0 unspecified atom stereocenters. The number of hydrogen-bond donors (Lipinski definition) is 1. The van der Waals surface area contributed by atoms with Gasteiger partial charge in [0.2, 0.25) is 0 Å². The predicted octanol–water partition coefficient (Wildman–Crippen LogP) is 0.914. The van der Waals surface area contributed by atoms with E-state index in [1.54, 1.807) is 12.1 Å². The molecule has 0 aliphatic carbocycles. The zero-order chi connectivity index (χ0) is 8.27. The van der Waals surface area contributed by atoms with Crippen LogP contribution < -0.4 is 5.73 Å². The number of aldehydes is 1. The van der Waals surface area contributed by atoms with E-state index in [2.05, 4.69) is 4.98 Å². The zero-order valence-corrected chi connectivity index (χ0v) is 6.32. The Morgan fingerprint density at radius 1 is 1.64 bits per heavy atom. The van der Waals surface area contributed by atoms with Gasteiger partial charge in [-0.05, 0) is 19.1 Å². The number of pyridine rings is 1. The highest BCUT2D eigenvalue weighted by Gasteiger charge is 1.98. The molecule has 0 aliphatic rings. The summed E-state index contributed by atoms with van der Waals surface area (Å²) in [5.74, 6) is 0. The number of carbonyl (C=O) groups is 1. The smallest absolute Gasteiger partial charge is 0.151 e. The summed E-state index contributed by atoms with van der Waals surface area (Å²) in [6.07, 6.45) is 2.28. The zero-order valence-electron chi connectivity index (χ0n) is 6.32. The van der Waals surface area contributed by atoms with Gasteiger partial charge in [-0.15, -0.1) is 0 Å². The fourth-order valence-electron chi connectivity index (χ4n) is 0.756. The van der Waals surface area contributed by atoms with Gasteiger partial charge in [-0.1, -0.05) is 0 Å². The van der Waals surface area contributed by atoms with Crippen LogP contribution in [0.4, 0.5) is 0 Å². The van der Waals surface area contributed by atoms with Gasteiger partial charge >= 0.3 is 0 Å². The van der Waals surface area contributed by atoms with E-state index in [1.807, 2.05) is 6.92 Å². The first-order chi connectivity index (χ1) is 5.24. The molecule has 1 rings (SSSR count). The van der Waals surface area contributed by atoms with Crippen molar-refractivity contribution >= 4 is 6.29 Å². The lowest BCUT2D eigenvalue weighted by atomic mass is 10.2. The van der Waals surface area contributed by atoms with Crippen LogP contribution in [0.3, 0.4) is 0 Å². The second-order valence-electron chi connectivity index (χ2n) is 2.42. The standard InChI is InChI=1S/C8H10N2O/c1-6(9)8-3-2-7(5-11)4-10-8/h2-6H,9H2,1H3/t6-/m0/s1. The van der Waals surface area contributed by atoms with Crippen molar-refractivity contribution in [3.8, 4) is 0 Å². The van der Waals surface area contributed by atoms with E-state index >= 15 is 0 Å². The first-order valence-corrected chi connectivity index (χ1v) is 3.40. The molecule has 0 bridgehead atoms. The Labute approximate surface area is 65.2 Å². The van der Waals surface area contributed by atoms with Crippen LogP contribution in [0.15, 0.2) is 18.3 Å². The van der Waals surface area contributed by atoms with Crippen LogP contribution in [0.2, 0.25) is 0 Å². The molecule has 1 heterocycles. The maximum Gasteiger partial charge on any atom is 0.151 e. The van der Waals surface area contributed by atoms with Gasteiger partial charge in [0.15, 0.2) is 6.29 Å². The minimum atomic E-state index is -0.0734. The van der Waals surface area contributed by atoms with Gasteiger partial charge in [0, 0.05) is 17.8 Å². The molecule has 0 radical (unpaired) electrons. The van der Waals surface area contributed by atoms with Crippen molar-refractivity contribution in [3.05, 3.63) is 29.6 Å². The van der Waals surface area contributed by atoms with Gasteiger partial charge in [0.1, 0.15) is 0 Å². The third kappa shape index (κ3) is 1.85. The van der Waals surface area contributed by atoms with Gasteiger partial charge in [0.25, 0.3) is 0 Å².